The number of benzene rings is 1. The lowest BCUT2D eigenvalue weighted by Crippen LogP contribution is -2.33. The number of nitrogens with two attached hydrogens (primary N) is 1. The molecule has 2 aromatic heterocycles. The van der Waals surface area contributed by atoms with E-state index in [1.807, 2.05) is 19.2 Å². The maximum Gasteiger partial charge on any atom is 0.105 e. The second-order valence-electron chi connectivity index (χ2n) is 8.13. The van der Waals surface area contributed by atoms with E-state index in [-0.39, 0.29) is 5.92 Å². The second kappa shape index (κ2) is 8.37. The van der Waals surface area contributed by atoms with Crippen molar-refractivity contribution in [2.75, 3.05) is 18.8 Å². The van der Waals surface area contributed by atoms with Crippen LogP contribution < -0.4 is 5.73 Å². The van der Waals surface area contributed by atoms with Crippen LogP contribution in [0.5, 0.6) is 0 Å². The molecule has 5 heteroatoms. The molecule has 4 rings (SSSR count). The maximum atomic E-state index is 13.3. The van der Waals surface area contributed by atoms with Crippen molar-refractivity contribution in [2.24, 2.45) is 0 Å². The van der Waals surface area contributed by atoms with E-state index in [9.17, 15) is 4.39 Å². The predicted molar refractivity (Wildman–Crippen MR) is 118 cm³/mol. The van der Waals surface area contributed by atoms with E-state index in [0.717, 1.165) is 48.2 Å². The number of alkyl halides is 1. The molecule has 0 saturated carbocycles. The molecule has 152 valence electrons. The van der Waals surface area contributed by atoms with Crippen molar-refractivity contribution in [3.8, 4) is 0 Å². The first-order valence-electron chi connectivity index (χ1n) is 10.3. The van der Waals surface area contributed by atoms with Crippen LogP contribution in [0.4, 0.5) is 10.2 Å². The molecule has 1 atom stereocenters. The number of piperidine rings is 1. The van der Waals surface area contributed by atoms with E-state index >= 15 is 0 Å². The number of hydrogen-bond acceptors (Lipinski definition) is 3. The second-order valence-corrected chi connectivity index (χ2v) is 8.13. The molecule has 3 N–H and O–H groups in total. The zero-order chi connectivity index (χ0) is 20.4. The Labute approximate surface area is 171 Å². The number of aromatic nitrogens is 2. The lowest BCUT2D eigenvalue weighted by atomic mass is 9.91. The summed E-state index contributed by atoms with van der Waals surface area (Å²) in [6.45, 7) is 8.62. The molecule has 1 aromatic carbocycles. The smallest absolute Gasteiger partial charge is 0.105 e. The number of H-pyrrole nitrogens is 1. The van der Waals surface area contributed by atoms with Gasteiger partial charge in [0.15, 0.2) is 0 Å². The fourth-order valence-electron chi connectivity index (χ4n) is 4.24. The Hall–Kier alpha value is -2.66. The highest BCUT2D eigenvalue weighted by Crippen LogP contribution is 2.31. The first kappa shape index (κ1) is 19.6. The summed E-state index contributed by atoms with van der Waals surface area (Å²) < 4.78 is 13.3. The Balaban J connectivity index is 1.49. The number of halogens is 1. The van der Waals surface area contributed by atoms with Crippen LogP contribution in [-0.4, -0.2) is 34.1 Å². The van der Waals surface area contributed by atoms with Crippen molar-refractivity contribution in [1.82, 2.24) is 14.9 Å². The number of anilines is 1. The molecule has 3 aromatic rings. The van der Waals surface area contributed by atoms with Gasteiger partial charge in [0.1, 0.15) is 12.0 Å². The summed E-state index contributed by atoms with van der Waals surface area (Å²) in [6, 6.07) is 10.8. The minimum atomic E-state index is -0.626. The number of nitrogens with zero attached hydrogens (tertiary/aromatic N) is 2. The normalized spacial score (nSPS) is 16.9. The number of rotatable bonds is 6. The molecule has 1 saturated heterocycles. The third kappa shape index (κ3) is 4.35. The van der Waals surface area contributed by atoms with Gasteiger partial charge >= 0.3 is 0 Å². The van der Waals surface area contributed by atoms with Crippen molar-refractivity contribution >= 4 is 16.7 Å². The zero-order valence-corrected chi connectivity index (χ0v) is 17.0. The Morgan fingerprint density at radius 1 is 1.31 bits per heavy atom. The van der Waals surface area contributed by atoms with E-state index in [4.69, 9.17) is 5.73 Å². The third-order valence-electron chi connectivity index (χ3n) is 6.00. The average molecular weight is 393 g/mol. The number of aryl methyl sites for hydroxylation is 1. The van der Waals surface area contributed by atoms with Crippen molar-refractivity contribution in [3.63, 3.8) is 0 Å². The largest absolute Gasteiger partial charge is 0.385 e. The van der Waals surface area contributed by atoms with Crippen LogP contribution in [0, 0.1) is 6.92 Å². The Morgan fingerprint density at radius 2 is 2.03 bits per heavy atom. The average Bonchev–Trinajstić information content (AvgIpc) is 3.03. The highest BCUT2D eigenvalue weighted by Gasteiger charge is 2.19. The summed E-state index contributed by atoms with van der Waals surface area (Å²) in [6.07, 6.45) is 5.30. The van der Waals surface area contributed by atoms with Gasteiger partial charge in [-0.2, -0.15) is 0 Å². The minimum Gasteiger partial charge on any atom is -0.385 e. The molecule has 4 nitrogen and oxygen atoms in total. The topological polar surface area (TPSA) is 57.9 Å². The van der Waals surface area contributed by atoms with E-state index in [1.165, 1.54) is 11.1 Å². The van der Waals surface area contributed by atoms with Crippen molar-refractivity contribution in [1.29, 1.82) is 0 Å². The van der Waals surface area contributed by atoms with E-state index in [1.54, 1.807) is 0 Å². The van der Waals surface area contributed by atoms with Gasteiger partial charge in [-0.1, -0.05) is 30.3 Å². The van der Waals surface area contributed by atoms with Crippen molar-refractivity contribution in [3.05, 3.63) is 71.6 Å². The molecule has 1 aliphatic heterocycles. The van der Waals surface area contributed by atoms with Crippen LogP contribution in [-0.2, 0) is 13.0 Å². The number of nitrogen functional groups attached to an aromatic ring is 1. The van der Waals surface area contributed by atoms with Gasteiger partial charge in [-0.25, -0.2) is 4.39 Å². The standard InChI is InChI=1S/C24H29FN4/c1-3-18(13-22-21-12-16(2)27-14-23(21)28-24(22)26)19-6-4-17(5-7-19)15-29-10-8-20(25)9-11-29/h3-7,12,14,18,20,28H,1,8-11,13,15,26H2,2H3. The molecule has 0 bridgehead atoms. The molecule has 3 heterocycles. The van der Waals surface area contributed by atoms with Crippen LogP contribution >= 0.6 is 0 Å². The van der Waals surface area contributed by atoms with Gasteiger partial charge in [0.2, 0.25) is 0 Å². The summed E-state index contributed by atoms with van der Waals surface area (Å²) in [7, 11) is 0. The number of aromatic amines is 1. The van der Waals surface area contributed by atoms with Gasteiger partial charge in [0.25, 0.3) is 0 Å². The monoisotopic (exact) mass is 392 g/mol. The van der Waals surface area contributed by atoms with Crippen LogP contribution in [0.3, 0.4) is 0 Å². The van der Waals surface area contributed by atoms with Gasteiger partial charge in [0.05, 0.1) is 11.7 Å². The van der Waals surface area contributed by atoms with Gasteiger partial charge in [-0.05, 0) is 43.4 Å². The molecule has 0 amide bonds. The van der Waals surface area contributed by atoms with Gasteiger partial charge in [-0.15, -0.1) is 6.58 Å². The van der Waals surface area contributed by atoms with E-state index in [2.05, 4.69) is 51.8 Å². The van der Waals surface area contributed by atoms with Crippen LogP contribution in [0.2, 0.25) is 0 Å². The number of nitrogens with one attached hydrogen (secondary N) is 1. The van der Waals surface area contributed by atoms with Gasteiger partial charge < -0.3 is 10.7 Å². The van der Waals surface area contributed by atoms with Crippen molar-refractivity contribution in [2.45, 2.75) is 44.8 Å². The molecule has 1 aliphatic rings. The third-order valence-corrected chi connectivity index (χ3v) is 6.00. The molecule has 0 aliphatic carbocycles. The molecule has 1 fully saturated rings. The Kier molecular flexibility index (Phi) is 5.67. The molecular formula is C24H29FN4. The lowest BCUT2D eigenvalue weighted by Gasteiger charge is -2.28. The number of likely N-dealkylation sites (tertiary alicyclic amines) is 1. The van der Waals surface area contributed by atoms with Crippen LogP contribution in [0.1, 0.15) is 41.1 Å². The lowest BCUT2D eigenvalue weighted by molar-refractivity contribution is 0.145. The summed E-state index contributed by atoms with van der Waals surface area (Å²) in [5.41, 5.74) is 11.8. The number of allylic oxidation sites excluding steroid dienone is 1. The maximum absolute atomic E-state index is 13.3. The minimum absolute atomic E-state index is 0.182. The summed E-state index contributed by atoms with van der Waals surface area (Å²) in [5.74, 6) is 0.883. The van der Waals surface area contributed by atoms with Crippen molar-refractivity contribution < 1.29 is 4.39 Å². The summed E-state index contributed by atoms with van der Waals surface area (Å²) in [4.78, 5) is 9.92. The fourth-order valence-corrected chi connectivity index (χ4v) is 4.24. The highest BCUT2D eigenvalue weighted by atomic mass is 19.1. The molecular weight excluding hydrogens is 363 g/mol. The van der Waals surface area contributed by atoms with Crippen LogP contribution in [0.25, 0.3) is 10.9 Å². The number of hydrogen-bond donors (Lipinski definition) is 2. The summed E-state index contributed by atoms with van der Waals surface area (Å²) in [5, 5.41) is 1.13. The molecule has 29 heavy (non-hydrogen) atoms. The predicted octanol–water partition coefficient (Wildman–Crippen LogP) is 4.90. The van der Waals surface area contributed by atoms with Crippen LogP contribution in [0.15, 0.2) is 49.2 Å². The SMILES string of the molecule is C=CC(Cc1c(N)[nH]c2cnc(C)cc12)c1ccc(CN2CCC(F)CC2)cc1. The zero-order valence-electron chi connectivity index (χ0n) is 17.0. The number of fused-ring (bicyclic) bond motifs is 1. The highest BCUT2D eigenvalue weighted by molar-refractivity contribution is 5.88. The molecule has 1 unspecified atom stereocenters. The first-order chi connectivity index (χ1) is 14.0. The first-order valence-corrected chi connectivity index (χ1v) is 10.3. The Bertz CT molecular complexity index is 984. The van der Waals surface area contributed by atoms with Gasteiger partial charge in [0, 0.05) is 42.2 Å². The van der Waals surface area contributed by atoms with E-state index < -0.39 is 6.17 Å². The van der Waals surface area contributed by atoms with E-state index in [0.29, 0.717) is 18.7 Å². The quantitative estimate of drug-likeness (QED) is 0.587. The Morgan fingerprint density at radius 3 is 2.72 bits per heavy atom. The molecule has 0 radical (unpaired) electrons. The summed E-state index contributed by atoms with van der Waals surface area (Å²) >= 11 is 0. The van der Waals surface area contributed by atoms with Gasteiger partial charge in [-0.3, -0.25) is 9.88 Å². The number of pyridine rings is 1. The fraction of sp³-hybridized carbons (Fsp3) is 0.375. The molecule has 0 spiro atoms.